The van der Waals surface area contributed by atoms with Gasteiger partial charge >= 0.3 is 5.97 Å². The number of esters is 1. The third-order valence-corrected chi connectivity index (χ3v) is 3.05. The smallest absolute Gasteiger partial charge is 0.330 e. The van der Waals surface area contributed by atoms with E-state index in [9.17, 15) is 4.79 Å². The number of carbonyl (C=O) groups is 1. The summed E-state index contributed by atoms with van der Waals surface area (Å²) in [5.74, 6) is -0.239. The van der Waals surface area contributed by atoms with Crippen LogP contribution in [-0.2, 0) is 14.3 Å². The summed E-state index contributed by atoms with van der Waals surface area (Å²) in [5, 5.41) is 0. The highest BCUT2D eigenvalue weighted by Crippen LogP contribution is 2.35. The van der Waals surface area contributed by atoms with Gasteiger partial charge in [0.1, 0.15) is 0 Å². The van der Waals surface area contributed by atoms with Crippen molar-refractivity contribution in [1.29, 1.82) is 0 Å². The van der Waals surface area contributed by atoms with Crippen molar-refractivity contribution < 1.29 is 14.3 Å². The molecule has 86 valence electrons. The fourth-order valence-corrected chi connectivity index (χ4v) is 1.85. The Morgan fingerprint density at radius 1 is 1.40 bits per heavy atom. The Bertz CT molecular complexity index is 227. The first-order chi connectivity index (χ1) is 7.22. The SMILES string of the molecule is CCOC(=O)C=CC1(CC)CCOCC1. The van der Waals surface area contributed by atoms with Gasteiger partial charge in [-0.15, -0.1) is 0 Å². The highest BCUT2D eigenvalue weighted by molar-refractivity contribution is 5.82. The molecule has 1 fully saturated rings. The van der Waals surface area contributed by atoms with E-state index in [0.717, 1.165) is 32.5 Å². The molecule has 0 aromatic carbocycles. The lowest BCUT2D eigenvalue weighted by Crippen LogP contribution is -2.27. The second kappa shape index (κ2) is 5.91. The number of hydrogen-bond donors (Lipinski definition) is 0. The van der Waals surface area contributed by atoms with Gasteiger partial charge in [-0.2, -0.15) is 0 Å². The van der Waals surface area contributed by atoms with Crippen LogP contribution in [-0.4, -0.2) is 25.8 Å². The van der Waals surface area contributed by atoms with Crippen LogP contribution >= 0.6 is 0 Å². The Morgan fingerprint density at radius 3 is 2.60 bits per heavy atom. The molecule has 0 aromatic heterocycles. The quantitative estimate of drug-likeness (QED) is 0.530. The Morgan fingerprint density at radius 2 is 2.07 bits per heavy atom. The fraction of sp³-hybridized carbons (Fsp3) is 0.750. The third kappa shape index (κ3) is 3.67. The number of rotatable bonds is 4. The van der Waals surface area contributed by atoms with E-state index in [-0.39, 0.29) is 11.4 Å². The minimum absolute atomic E-state index is 0.144. The lowest BCUT2D eigenvalue weighted by atomic mass is 9.77. The van der Waals surface area contributed by atoms with Crippen molar-refractivity contribution in [2.45, 2.75) is 33.1 Å². The minimum atomic E-state index is -0.239. The van der Waals surface area contributed by atoms with Gasteiger partial charge < -0.3 is 9.47 Å². The molecular weight excluding hydrogens is 192 g/mol. The summed E-state index contributed by atoms with van der Waals surface area (Å²) in [6.45, 7) is 5.99. The summed E-state index contributed by atoms with van der Waals surface area (Å²) in [6.07, 6.45) is 6.62. The monoisotopic (exact) mass is 212 g/mol. The van der Waals surface area contributed by atoms with Gasteiger partial charge in [0.15, 0.2) is 0 Å². The second-order valence-corrected chi connectivity index (χ2v) is 3.91. The maximum absolute atomic E-state index is 11.2. The molecule has 1 heterocycles. The summed E-state index contributed by atoms with van der Waals surface area (Å²) in [5.41, 5.74) is 0.144. The minimum Gasteiger partial charge on any atom is -0.463 e. The molecule has 1 aliphatic rings. The standard InChI is InChI=1S/C12H20O3/c1-3-12(7-9-14-10-8-12)6-5-11(13)15-4-2/h5-6H,3-4,7-10H2,1-2H3. The van der Waals surface area contributed by atoms with Crippen molar-refractivity contribution in [3.63, 3.8) is 0 Å². The van der Waals surface area contributed by atoms with Crippen molar-refractivity contribution in [3.8, 4) is 0 Å². The maximum atomic E-state index is 11.2. The van der Waals surface area contributed by atoms with Crippen LogP contribution in [0, 0.1) is 5.41 Å². The van der Waals surface area contributed by atoms with Crippen molar-refractivity contribution in [3.05, 3.63) is 12.2 Å². The fourth-order valence-electron chi connectivity index (χ4n) is 1.85. The molecule has 0 unspecified atom stereocenters. The van der Waals surface area contributed by atoms with Gasteiger partial charge in [-0.1, -0.05) is 13.0 Å². The molecule has 3 nitrogen and oxygen atoms in total. The summed E-state index contributed by atoms with van der Waals surface area (Å²) >= 11 is 0. The normalized spacial score (nSPS) is 20.4. The van der Waals surface area contributed by atoms with Gasteiger partial charge in [0.2, 0.25) is 0 Å². The first kappa shape index (κ1) is 12.2. The molecule has 0 aliphatic carbocycles. The van der Waals surface area contributed by atoms with Crippen molar-refractivity contribution in [1.82, 2.24) is 0 Å². The zero-order valence-corrected chi connectivity index (χ0v) is 9.62. The predicted octanol–water partition coefficient (Wildman–Crippen LogP) is 2.31. The van der Waals surface area contributed by atoms with E-state index in [4.69, 9.17) is 9.47 Å². The summed E-state index contributed by atoms with van der Waals surface area (Å²) in [4.78, 5) is 11.2. The van der Waals surface area contributed by atoms with E-state index in [2.05, 4.69) is 6.92 Å². The first-order valence-electron chi connectivity index (χ1n) is 5.66. The van der Waals surface area contributed by atoms with Gasteiger partial charge in [-0.05, 0) is 31.6 Å². The van der Waals surface area contributed by atoms with E-state index >= 15 is 0 Å². The zero-order valence-electron chi connectivity index (χ0n) is 9.62. The molecule has 0 radical (unpaired) electrons. The van der Waals surface area contributed by atoms with Crippen LogP contribution in [0.2, 0.25) is 0 Å². The largest absolute Gasteiger partial charge is 0.463 e. The Hall–Kier alpha value is -0.830. The maximum Gasteiger partial charge on any atom is 0.330 e. The summed E-state index contributed by atoms with van der Waals surface area (Å²) in [6, 6.07) is 0. The molecule has 15 heavy (non-hydrogen) atoms. The molecule has 0 N–H and O–H groups in total. The Kier molecular flexibility index (Phi) is 4.82. The average Bonchev–Trinajstić information content (AvgIpc) is 2.28. The van der Waals surface area contributed by atoms with Gasteiger partial charge in [0.25, 0.3) is 0 Å². The molecule has 1 aliphatic heterocycles. The van der Waals surface area contributed by atoms with Crippen molar-refractivity contribution in [2.24, 2.45) is 5.41 Å². The highest BCUT2D eigenvalue weighted by atomic mass is 16.5. The van der Waals surface area contributed by atoms with Crippen LogP contribution in [0.4, 0.5) is 0 Å². The number of carbonyl (C=O) groups excluding carboxylic acids is 1. The molecule has 0 aromatic rings. The third-order valence-electron chi connectivity index (χ3n) is 3.05. The summed E-state index contributed by atoms with van der Waals surface area (Å²) < 4.78 is 10.2. The van der Waals surface area contributed by atoms with E-state index in [0.29, 0.717) is 6.61 Å². The zero-order chi connectivity index (χ0) is 11.1. The second-order valence-electron chi connectivity index (χ2n) is 3.91. The van der Waals surface area contributed by atoms with E-state index in [1.165, 1.54) is 0 Å². The summed E-state index contributed by atoms with van der Waals surface area (Å²) in [7, 11) is 0. The van der Waals surface area contributed by atoms with Crippen molar-refractivity contribution in [2.75, 3.05) is 19.8 Å². The lowest BCUT2D eigenvalue weighted by Gasteiger charge is -2.33. The molecule has 0 bridgehead atoms. The van der Waals surface area contributed by atoms with Crippen LogP contribution in [0.25, 0.3) is 0 Å². The Labute approximate surface area is 91.4 Å². The van der Waals surface area contributed by atoms with Gasteiger partial charge in [0.05, 0.1) is 6.61 Å². The molecule has 0 saturated carbocycles. The number of allylic oxidation sites excluding steroid dienone is 1. The average molecular weight is 212 g/mol. The van der Waals surface area contributed by atoms with Gasteiger partial charge in [0, 0.05) is 19.3 Å². The molecule has 3 heteroatoms. The highest BCUT2D eigenvalue weighted by Gasteiger charge is 2.27. The van der Waals surface area contributed by atoms with Crippen molar-refractivity contribution >= 4 is 5.97 Å². The van der Waals surface area contributed by atoms with Crippen LogP contribution in [0.5, 0.6) is 0 Å². The molecule has 1 rings (SSSR count). The van der Waals surface area contributed by atoms with Crippen LogP contribution in [0.1, 0.15) is 33.1 Å². The number of ether oxygens (including phenoxy) is 2. The Balaban J connectivity index is 2.54. The molecule has 0 amide bonds. The van der Waals surface area contributed by atoms with Crippen LogP contribution < -0.4 is 0 Å². The van der Waals surface area contributed by atoms with E-state index in [1.807, 2.05) is 13.0 Å². The lowest BCUT2D eigenvalue weighted by molar-refractivity contribution is -0.137. The molecular formula is C12H20O3. The first-order valence-corrected chi connectivity index (χ1v) is 5.66. The predicted molar refractivity (Wildman–Crippen MR) is 58.6 cm³/mol. The molecule has 0 spiro atoms. The van der Waals surface area contributed by atoms with Crippen LogP contribution in [0.3, 0.4) is 0 Å². The number of hydrogen-bond acceptors (Lipinski definition) is 3. The topological polar surface area (TPSA) is 35.5 Å². The van der Waals surface area contributed by atoms with Gasteiger partial charge in [-0.3, -0.25) is 0 Å². The van der Waals surface area contributed by atoms with E-state index < -0.39 is 0 Å². The molecule has 1 saturated heterocycles. The van der Waals surface area contributed by atoms with Gasteiger partial charge in [-0.25, -0.2) is 4.79 Å². The molecule has 0 atom stereocenters. The van der Waals surface area contributed by atoms with E-state index in [1.54, 1.807) is 6.08 Å². The van der Waals surface area contributed by atoms with Crippen LogP contribution in [0.15, 0.2) is 12.2 Å².